The molecule has 34 heavy (non-hydrogen) atoms. The normalized spacial score (nSPS) is 11.6. The third-order valence-electron chi connectivity index (χ3n) is 5.05. The highest BCUT2D eigenvalue weighted by atomic mass is 16.5. The van der Waals surface area contributed by atoms with Gasteiger partial charge >= 0.3 is 0 Å². The van der Waals surface area contributed by atoms with Gasteiger partial charge in [0, 0.05) is 47.9 Å². The smallest absolute Gasteiger partial charge is 0.163 e. The molecule has 0 radical (unpaired) electrons. The molecule has 3 heterocycles. The minimum Gasteiger partial charge on any atom is -0.497 e. The number of nitrogens with zero attached hydrogens (tertiary/aromatic N) is 6. The molecule has 9 nitrogen and oxygen atoms in total. The molecule has 1 atom stereocenters. The first-order valence-corrected chi connectivity index (χ1v) is 10.8. The summed E-state index contributed by atoms with van der Waals surface area (Å²) in [6.07, 6.45) is 4.65. The van der Waals surface area contributed by atoms with Gasteiger partial charge < -0.3 is 15.2 Å². The van der Waals surface area contributed by atoms with E-state index >= 15 is 0 Å². The summed E-state index contributed by atoms with van der Waals surface area (Å²) in [7, 11) is 1.62. The van der Waals surface area contributed by atoms with Crippen LogP contribution >= 0.6 is 0 Å². The van der Waals surface area contributed by atoms with Crippen molar-refractivity contribution in [1.29, 1.82) is 5.26 Å². The number of anilines is 1. The molecule has 4 aromatic rings. The minimum atomic E-state index is -0.547. The van der Waals surface area contributed by atoms with Crippen molar-refractivity contribution >= 4 is 5.82 Å². The van der Waals surface area contributed by atoms with E-state index in [-0.39, 0.29) is 6.54 Å². The van der Waals surface area contributed by atoms with E-state index in [4.69, 9.17) is 9.72 Å². The second-order valence-electron chi connectivity index (χ2n) is 7.92. The molecule has 2 N–H and O–H groups in total. The van der Waals surface area contributed by atoms with Crippen molar-refractivity contribution in [2.45, 2.75) is 26.5 Å². The molecule has 0 fully saturated rings. The number of rotatable bonds is 8. The lowest BCUT2D eigenvalue weighted by Crippen LogP contribution is -2.16. The van der Waals surface area contributed by atoms with E-state index in [2.05, 4.69) is 26.5 Å². The number of methoxy groups -OCH3 is 1. The van der Waals surface area contributed by atoms with Gasteiger partial charge in [0.2, 0.25) is 0 Å². The number of pyridine rings is 1. The summed E-state index contributed by atoms with van der Waals surface area (Å²) in [6.45, 7) is 4.12. The van der Waals surface area contributed by atoms with Crippen LogP contribution in [-0.4, -0.2) is 49.6 Å². The Labute approximate surface area is 197 Å². The van der Waals surface area contributed by atoms with Crippen molar-refractivity contribution in [2.24, 2.45) is 0 Å². The van der Waals surface area contributed by atoms with Gasteiger partial charge in [-0.25, -0.2) is 9.97 Å². The summed E-state index contributed by atoms with van der Waals surface area (Å²) in [5.41, 5.74) is 4.68. The Balaban J connectivity index is 1.90. The first-order chi connectivity index (χ1) is 16.5. The van der Waals surface area contributed by atoms with Gasteiger partial charge in [0.25, 0.3) is 0 Å². The Hall–Kier alpha value is -4.29. The van der Waals surface area contributed by atoms with Gasteiger partial charge in [-0.05, 0) is 49.7 Å². The molecule has 0 saturated heterocycles. The Morgan fingerprint density at radius 3 is 2.76 bits per heavy atom. The highest BCUT2D eigenvalue weighted by Gasteiger charge is 2.18. The summed E-state index contributed by atoms with van der Waals surface area (Å²) in [5, 5.41) is 26.8. The van der Waals surface area contributed by atoms with Crippen LogP contribution in [0.5, 0.6) is 5.75 Å². The van der Waals surface area contributed by atoms with Crippen molar-refractivity contribution in [1.82, 2.24) is 24.7 Å². The zero-order valence-corrected chi connectivity index (χ0v) is 19.2. The molecule has 1 unspecified atom stereocenters. The number of hydrogen-bond acceptors (Lipinski definition) is 8. The van der Waals surface area contributed by atoms with Crippen LogP contribution in [0.25, 0.3) is 33.9 Å². The molecule has 172 valence electrons. The quantitative estimate of drug-likeness (QED) is 0.412. The van der Waals surface area contributed by atoms with E-state index in [0.29, 0.717) is 35.3 Å². The SMILES string of the molecule is COc1cc(C)cc(-c2nn(CC#N)cc2-c2cc(NCC(C)O)nc(-c3cccnc3)n2)c1. The standard InChI is InChI=1S/C25H25N7O2/c1-16-9-19(11-20(10-16)34-3)24-21(15-32(31-24)8-6-26)22-12-23(28-13-17(2)33)30-25(29-22)18-5-4-7-27-14-18/h4-5,7,9-12,14-15,17,33H,8,13H2,1-3H3,(H,28,29,30). The Morgan fingerprint density at radius 1 is 1.21 bits per heavy atom. The number of hydrogen-bond donors (Lipinski definition) is 2. The van der Waals surface area contributed by atoms with E-state index in [1.165, 1.54) is 0 Å². The molecule has 4 rings (SSSR count). The van der Waals surface area contributed by atoms with E-state index in [0.717, 1.165) is 22.3 Å². The van der Waals surface area contributed by atoms with Crippen molar-refractivity contribution in [3.8, 4) is 45.7 Å². The number of benzene rings is 1. The van der Waals surface area contributed by atoms with E-state index in [1.54, 1.807) is 37.3 Å². The largest absolute Gasteiger partial charge is 0.497 e. The average Bonchev–Trinajstić information content (AvgIpc) is 3.27. The molecule has 1 aromatic carbocycles. The lowest BCUT2D eigenvalue weighted by atomic mass is 10.0. The molecule has 0 bridgehead atoms. The van der Waals surface area contributed by atoms with Crippen LogP contribution in [0.2, 0.25) is 0 Å². The second-order valence-corrected chi connectivity index (χ2v) is 7.92. The molecule has 0 aliphatic carbocycles. The third kappa shape index (κ3) is 5.19. The minimum absolute atomic E-state index is 0.101. The molecular weight excluding hydrogens is 430 g/mol. The topological polar surface area (TPSA) is 122 Å². The summed E-state index contributed by atoms with van der Waals surface area (Å²) in [5.74, 6) is 1.76. The zero-order valence-electron chi connectivity index (χ0n) is 19.2. The summed E-state index contributed by atoms with van der Waals surface area (Å²) < 4.78 is 7.05. The van der Waals surface area contributed by atoms with Crippen molar-refractivity contribution < 1.29 is 9.84 Å². The van der Waals surface area contributed by atoms with Crippen molar-refractivity contribution in [3.63, 3.8) is 0 Å². The number of ether oxygens (including phenoxy) is 1. The van der Waals surface area contributed by atoms with Crippen LogP contribution < -0.4 is 10.1 Å². The van der Waals surface area contributed by atoms with Crippen LogP contribution in [0.15, 0.2) is 55.0 Å². The Morgan fingerprint density at radius 2 is 2.06 bits per heavy atom. The van der Waals surface area contributed by atoms with E-state index in [9.17, 15) is 10.4 Å². The highest BCUT2D eigenvalue weighted by Crippen LogP contribution is 2.34. The number of aromatic nitrogens is 5. The monoisotopic (exact) mass is 455 g/mol. The van der Waals surface area contributed by atoms with Crippen LogP contribution in [0, 0.1) is 18.3 Å². The molecule has 0 aliphatic heterocycles. The molecule has 0 amide bonds. The van der Waals surface area contributed by atoms with Crippen LogP contribution in [-0.2, 0) is 6.54 Å². The Kier molecular flexibility index (Phi) is 6.80. The number of aliphatic hydroxyl groups excluding tert-OH is 1. The predicted molar refractivity (Wildman–Crippen MR) is 129 cm³/mol. The van der Waals surface area contributed by atoms with E-state index in [1.807, 2.05) is 43.3 Å². The zero-order chi connectivity index (χ0) is 24.1. The summed E-state index contributed by atoms with van der Waals surface area (Å²) in [6, 6.07) is 13.5. The summed E-state index contributed by atoms with van der Waals surface area (Å²) >= 11 is 0. The first kappa shape index (κ1) is 22.9. The van der Waals surface area contributed by atoms with Gasteiger partial charge in [0.15, 0.2) is 5.82 Å². The van der Waals surface area contributed by atoms with Crippen molar-refractivity contribution in [3.05, 3.63) is 60.6 Å². The van der Waals surface area contributed by atoms with Crippen LogP contribution in [0.1, 0.15) is 12.5 Å². The number of aliphatic hydroxyl groups is 1. The van der Waals surface area contributed by atoms with Crippen LogP contribution in [0.4, 0.5) is 5.82 Å². The molecular formula is C25H25N7O2. The maximum atomic E-state index is 9.75. The average molecular weight is 456 g/mol. The lowest BCUT2D eigenvalue weighted by molar-refractivity contribution is 0.208. The van der Waals surface area contributed by atoms with Gasteiger partial charge in [-0.3, -0.25) is 9.67 Å². The second kappa shape index (κ2) is 10.1. The van der Waals surface area contributed by atoms with Gasteiger partial charge in [-0.1, -0.05) is 0 Å². The van der Waals surface area contributed by atoms with Gasteiger partial charge in [-0.2, -0.15) is 10.4 Å². The molecule has 9 heteroatoms. The molecule has 3 aromatic heterocycles. The maximum absolute atomic E-state index is 9.75. The molecule has 0 aliphatic rings. The molecule has 0 spiro atoms. The van der Waals surface area contributed by atoms with Crippen molar-refractivity contribution in [2.75, 3.05) is 19.0 Å². The first-order valence-electron chi connectivity index (χ1n) is 10.8. The number of nitrogens with one attached hydrogen (secondary N) is 1. The highest BCUT2D eigenvalue weighted by molar-refractivity contribution is 5.81. The Bertz CT molecular complexity index is 1330. The summed E-state index contributed by atoms with van der Waals surface area (Å²) in [4.78, 5) is 13.6. The maximum Gasteiger partial charge on any atom is 0.163 e. The number of nitriles is 1. The fourth-order valence-electron chi connectivity index (χ4n) is 3.53. The van der Waals surface area contributed by atoms with Crippen LogP contribution in [0.3, 0.4) is 0 Å². The predicted octanol–water partition coefficient (Wildman–Crippen LogP) is 3.70. The fraction of sp³-hybridized carbons (Fsp3) is 0.240. The fourth-order valence-corrected chi connectivity index (χ4v) is 3.53. The van der Waals surface area contributed by atoms with Gasteiger partial charge in [0.1, 0.15) is 23.8 Å². The molecule has 0 saturated carbocycles. The third-order valence-corrected chi connectivity index (χ3v) is 5.05. The lowest BCUT2D eigenvalue weighted by Gasteiger charge is -2.12. The van der Waals surface area contributed by atoms with E-state index < -0.39 is 6.10 Å². The van der Waals surface area contributed by atoms with Gasteiger partial charge in [0.05, 0.1) is 25.0 Å². The van der Waals surface area contributed by atoms with Gasteiger partial charge in [-0.15, -0.1) is 0 Å². The number of aryl methyl sites for hydroxylation is 1.